The third-order valence-corrected chi connectivity index (χ3v) is 1.44. The van der Waals surface area contributed by atoms with Gasteiger partial charge in [-0.25, -0.2) is 0 Å². The Morgan fingerprint density at radius 1 is 1.46 bits per heavy atom. The summed E-state index contributed by atoms with van der Waals surface area (Å²) in [6.07, 6.45) is 0. The molecule has 4 nitrogen and oxygen atoms in total. The average molecular weight is 188 g/mol. The molecule has 0 heterocycles. The molecule has 0 aliphatic carbocycles. The van der Waals surface area contributed by atoms with E-state index in [-0.39, 0.29) is 5.91 Å². The monoisotopic (exact) mass is 188 g/mol. The van der Waals surface area contributed by atoms with Crippen molar-refractivity contribution >= 4 is 5.91 Å². The van der Waals surface area contributed by atoms with Crippen molar-refractivity contribution in [3.63, 3.8) is 0 Å². The topological polar surface area (TPSA) is 50.4 Å². The van der Waals surface area contributed by atoms with Gasteiger partial charge in [-0.3, -0.25) is 4.79 Å². The van der Waals surface area contributed by atoms with Crippen LogP contribution in [0.25, 0.3) is 0 Å². The predicted molar refractivity (Wildman–Crippen MR) is 52.6 cm³/mol. The summed E-state index contributed by atoms with van der Waals surface area (Å²) < 4.78 is 5.32. The Morgan fingerprint density at radius 3 is 2.69 bits per heavy atom. The van der Waals surface area contributed by atoms with Gasteiger partial charge in [0.05, 0.1) is 13.2 Å². The lowest BCUT2D eigenvalue weighted by atomic mass is 10.2. The second-order valence-corrected chi connectivity index (χ2v) is 3.32. The van der Waals surface area contributed by atoms with Crippen LogP contribution >= 0.6 is 0 Å². The maximum absolute atomic E-state index is 10.7. The van der Waals surface area contributed by atoms with Crippen LogP contribution in [0.15, 0.2) is 0 Å². The van der Waals surface area contributed by atoms with Gasteiger partial charge in [-0.15, -0.1) is 0 Å². The average Bonchev–Trinajstić information content (AvgIpc) is 2.10. The van der Waals surface area contributed by atoms with E-state index in [9.17, 15) is 4.79 Å². The molecule has 0 saturated carbocycles. The van der Waals surface area contributed by atoms with Crippen LogP contribution in [0.5, 0.6) is 0 Å². The van der Waals surface area contributed by atoms with Gasteiger partial charge in [-0.1, -0.05) is 13.8 Å². The first-order valence-corrected chi connectivity index (χ1v) is 4.66. The molecule has 0 radical (unpaired) electrons. The Morgan fingerprint density at radius 2 is 2.15 bits per heavy atom. The number of nitrogens with one attached hydrogen (secondary N) is 2. The lowest BCUT2D eigenvalue weighted by Crippen LogP contribution is -2.33. The number of hydrogen-bond acceptors (Lipinski definition) is 3. The standard InChI is InChI=1S/C9H20N2O2/c1-8(2)7-13-5-4-11-6-9(12)10-3/h8,11H,4-7H2,1-3H3,(H,10,12). The van der Waals surface area contributed by atoms with Gasteiger partial charge in [0.2, 0.25) is 5.91 Å². The molecule has 0 rings (SSSR count). The molecule has 78 valence electrons. The molecule has 0 aliphatic rings. The fourth-order valence-electron chi connectivity index (χ4n) is 0.754. The minimum Gasteiger partial charge on any atom is -0.380 e. The molecule has 0 fully saturated rings. The van der Waals surface area contributed by atoms with Crippen molar-refractivity contribution in [1.29, 1.82) is 0 Å². The highest BCUT2D eigenvalue weighted by Crippen LogP contribution is 1.90. The summed E-state index contributed by atoms with van der Waals surface area (Å²) >= 11 is 0. The van der Waals surface area contributed by atoms with E-state index in [1.165, 1.54) is 0 Å². The highest BCUT2D eigenvalue weighted by atomic mass is 16.5. The summed E-state index contributed by atoms with van der Waals surface area (Å²) in [4.78, 5) is 10.7. The summed E-state index contributed by atoms with van der Waals surface area (Å²) in [6.45, 7) is 6.74. The van der Waals surface area contributed by atoms with Crippen LogP contribution in [-0.4, -0.2) is 39.3 Å². The van der Waals surface area contributed by atoms with Gasteiger partial charge >= 0.3 is 0 Å². The molecule has 4 heteroatoms. The second kappa shape index (κ2) is 8.01. The van der Waals surface area contributed by atoms with Gasteiger partial charge in [0, 0.05) is 20.2 Å². The molecule has 1 amide bonds. The first kappa shape index (κ1) is 12.4. The predicted octanol–water partition coefficient (Wildman–Crippen LogP) is -0.00540. The molecule has 13 heavy (non-hydrogen) atoms. The largest absolute Gasteiger partial charge is 0.380 e. The van der Waals surface area contributed by atoms with E-state index < -0.39 is 0 Å². The molecule has 0 aliphatic heterocycles. The van der Waals surface area contributed by atoms with Crippen molar-refractivity contribution < 1.29 is 9.53 Å². The summed E-state index contributed by atoms with van der Waals surface area (Å²) in [5.74, 6) is 0.572. The first-order chi connectivity index (χ1) is 6.16. The highest BCUT2D eigenvalue weighted by molar-refractivity contribution is 5.77. The maximum atomic E-state index is 10.7. The van der Waals surface area contributed by atoms with Gasteiger partial charge in [0.15, 0.2) is 0 Å². The van der Waals surface area contributed by atoms with Crippen LogP contribution < -0.4 is 10.6 Å². The molecular formula is C9H20N2O2. The minimum atomic E-state index is 0.00357. The van der Waals surface area contributed by atoms with E-state index in [2.05, 4.69) is 24.5 Å². The van der Waals surface area contributed by atoms with Crippen molar-refractivity contribution in [3.05, 3.63) is 0 Å². The van der Waals surface area contributed by atoms with E-state index in [1.807, 2.05) is 0 Å². The Bertz CT molecular complexity index is 138. The molecule has 0 aromatic heterocycles. The summed E-state index contributed by atoms with van der Waals surface area (Å²) in [6, 6.07) is 0. The summed E-state index contributed by atoms with van der Waals surface area (Å²) in [7, 11) is 1.62. The van der Waals surface area contributed by atoms with Crippen molar-refractivity contribution in [3.8, 4) is 0 Å². The van der Waals surface area contributed by atoms with Gasteiger partial charge in [0.1, 0.15) is 0 Å². The molecular weight excluding hydrogens is 168 g/mol. The lowest BCUT2D eigenvalue weighted by Gasteiger charge is -2.07. The van der Waals surface area contributed by atoms with Crippen molar-refractivity contribution in [2.24, 2.45) is 5.92 Å². The Labute approximate surface area is 80.0 Å². The van der Waals surface area contributed by atoms with E-state index in [4.69, 9.17) is 4.74 Å². The van der Waals surface area contributed by atoms with Crippen molar-refractivity contribution in [2.75, 3.05) is 33.4 Å². The lowest BCUT2D eigenvalue weighted by molar-refractivity contribution is -0.119. The second-order valence-electron chi connectivity index (χ2n) is 3.32. The number of amides is 1. The van der Waals surface area contributed by atoms with Crippen molar-refractivity contribution in [2.45, 2.75) is 13.8 Å². The van der Waals surface area contributed by atoms with Crippen molar-refractivity contribution in [1.82, 2.24) is 10.6 Å². The van der Waals surface area contributed by atoms with Gasteiger partial charge < -0.3 is 15.4 Å². The van der Waals surface area contributed by atoms with Gasteiger partial charge in [-0.05, 0) is 5.92 Å². The molecule has 0 aromatic rings. The molecule has 0 unspecified atom stereocenters. The molecule has 0 aromatic carbocycles. The SMILES string of the molecule is CNC(=O)CNCCOCC(C)C. The number of likely N-dealkylation sites (N-methyl/N-ethyl adjacent to an activating group) is 1. The quantitative estimate of drug-likeness (QED) is 0.553. The Kier molecular flexibility index (Phi) is 7.63. The van der Waals surface area contributed by atoms with Gasteiger partial charge in [0.25, 0.3) is 0 Å². The number of ether oxygens (including phenoxy) is 1. The van der Waals surface area contributed by atoms with Crippen LogP contribution in [0.4, 0.5) is 0 Å². The minimum absolute atomic E-state index is 0.00357. The van der Waals surface area contributed by atoms with E-state index in [1.54, 1.807) is 7.05 Å². The van der Waals surface area contributed by atoms with Crippen LogP contribution in [0.1, 0.15) is 13.8 Å². The van der Waals surface area contributed by atoms with E-state index in [0.717, 1.165) is 13.2 Å². The number of rotatable bonds is 7. The zero-order valence-electron chi connectivity index (χ0n) is 8.72. The molecule has 0 atom stereocenters. The fourth-order valence-corrected chi connectivity index (χ4v) is 0.754. The molecule has 0 bridgehead atoms. The number of carbonyl (C=O) groups is 1. The molecule has 0 spiro atoms. The third-order valence-electron chi connectivity index (χ3n) is 1.44. The Hall–Kier alpha value is -0.610. The van der Waals surface area contributed by atoms with Crippen LogP contribution in [0.3, 0.4) is 0 Å². The zero-order chi connectivity index (χ0) is 10.1. The number of carbonyl (C=O) groups excluding carboxylic acids is 1. The molecule has 0 saturated heterocycles. The summed E-state index contributed by atoms with van der Waals surface area (Å²) in [5, 5.41) is 5.50. The smallest absolute Gasteiger partial charge is 0.233 e. The fraction of sp³-hybridized carbons (Fsp3) is 0.889. The zero-order valence-corrected chi connectivity index (χ0v) is 8.72. The first-order valence-electron chi connectivity index (χ1n) is 4.66. The number of hydrogen-bond donors (Lipinski definition) is 2. The highest BCUT2D eigenvalue weighted by Gasteiger charge is 1.96. The summed E-state index contributed by atoms with van der Waals surface area (Å²) in [5.41, 5.74) is 0. The molecule has 2 N–H and O–H groups in total. The van der Waals surface area contributed by atoms with E-state index >= 15 is 0 Å². The normalized spacial score (nSPS) is 10.5. The van der Waals surface area contributed by atoms with Crippen LogP contribution in [-0.2, 0) is 9.53 Å². The van der Waals surface area contributed by atoms with Crippen LogP contribution in [0, 0.1) is 5.92 Å². The van der Waals surface area contributed by atoms with E-state index in [0.29, 0.717) is 19.1 Å². The van der Waals surface area contributed by atoms with Crippen LogP contribution in [0.2, 0.25) is 0 Å². The Balaban J connectivity index is 3.04. The maximum Gasteiger partial charge on any atom is 0.233 e. The van der Waals surface area contributed by atoms with Gasteiger partial charge in [-0.2, -0.15) is 0 Å². The third kappa shape index (κ3) is 9.30.